The highest BCUT2D eigenvalue weighted by Gasteiger charge is 2.35. The van der Waals surface area contributed by atoms with E-state index in [2.05, 4.69) is 78.4 Å². The molecule has 0 spiro atoms. The summed E-state index contributed by atoms with van der Waals surface area (Å²) in [5.74, 6) is 0.385. The number of fused-ring (bicyclic) bond motifs is 5. The molecule has 0 amide bonds. The minimum atomic E-state index is 0.385. The van der Waals surface area contributed by atoms with Gasteiger partial charge in [0.15, 0.2) is 0 Å². The molecule has 1 heteroatoms. The quantitative estimate of drug-likeness (QED) is 0.580. The highest BCUT2D eigenvalue weighted by atomic mass is 15.0. The van der Waals surface area contributed by atoms with Gasteiger partial charge in [-0.25, -0.2) is 0 Å². The normalized spacial score (nSPS) is 18.6. The van der Waals surface area contributed by atoms with Crippen LogP contribution >= 0.6 is 0 Å². The number of nitrogens with zero attached hydrogens (tertiary/aromatic N) is 1. The third kappa shape index (κ3) is 1.38. The number of benzene rings is 2. The third-order valence-corrected chi connectivity index (χ3v) is 5.09. The van der Waals surface area contributed by atoms with E-state index in [0.29, 0.717) is 5.92 Å². The Hall–Kier alpha value is -2.54. The topological polar surface area (TPSA) is 4.93 Å². The van der Waals surface area contributed by atoms with Gasteiger partial charge < -0.3 is 4.57 Å². The molecule has 0 saturated carbocycles. The van der Waals surface area contributed by atoms with Crippen LogP contribution in [-0.4, -0.2) is 4.57 Å². The fourth-order valence-corrected chi connectivity index (χ4v) is 4.20. The van der Waals surface area contributed by atoms with Crippen molar-refractivity contribution in [3.8, 4) is 11.3 Å². The average molecular weight is 283 g/mol. The van der Waals surface area contributed by atoms with Crippen LogP contribution in [0.1, 0.15) is 23.5 Å². The molecule has 2 aliphatic carbocycles. The van der Waals surface area contributed by atoms with Crippen molar-refractivity contribution in [2.75, 3.05) is 0 Å². The molecule has 0 saturated heterocycles. The molecular formula is C21H17N. The van der Waals surface area contributed by atoms with Crippen molar-refractivity contribution in [2.24, 2.45) is 7.05 Å². The zero-order chi connectivity index (χ0) is 14.7. The van der Waals surface area contributed by atoms with Crippen LogP contribution in [0.25, 0.3) is 22.2 Å². The Balaban J connectivity index is 1.93. The number of hydrogen-bond acceptors (Lipinski definition) is 0. The first kappa shape index (κ1) is 12.0. The van der Waals surface area contributed by atoms with E-state index in [-0.39, 0.29) is 0 Å². The molecule has 1 nitrogen and oxygen atoms in total. The van der Waals surface area contributed by atoms with Crippen molar-refractivity contribution in [2.45, 2.75) is 12.3 Å². The van der Waals surface area contributed by atoms with Gasteiger partial charge in [0.2, 0.25) is 0 Å². The Bertz CT molecular complexity index is 969. The molecular weight excluding hydrogens is 266 g/mol. The number of aryl methyl sites for hydroxylation is 1. The maximum Gasteiger partial charge on any atom is 0.0534 e. The zero-order valence-corrected chi connectivity index (χ0v) is 12.6. The number of hydrogen-bond donors (Lipinski definition) is 0. The lowest BCUT2D eigenvalue weighted by Gasteiger charge is -2.14. The highest BCUT2D eigenvalue weighted by Crippen LogP contribution is 2.52. The van der Waals surface area contributed by atoms with Gasteiger partial charge in [-0.2, -0.15) is 0 Å². The molecule has 3 aromatic rings. The minimum Gasteiger partial charge on any atom is -0.343 e. The molecule has 0 radical (unpaired) electrons. The standard InChI is InChI=1S/C21H17N/c1-22-18-13-7-6-12-17(18)20-19(14-8-2-3-9-14)15-10-4-5-11-16(15)21(20)22/h2,4-13,19H,3H2,1H3. The smallest absolute Gasteiger partial charge is 0.0534 e. The molecule has 106 valence electrons. The van der Waals surface area contributed by atoms with Crippen LogP contribution in [0.3, 0.4) is 0 Å². The predicted molar refractivity (Wildman–Crippen MR) is 92.0 cm³/mol. The fraction of sp³-hybridized carbons (Fsp3) is 0.143. The lowest BCUT2D eigenvalue weighted by molar-refractivity contribution is 0.972. The first-order valence-electron chi connectivity index (χ1n) is 7.89. The van der Waals surface area contributed by atoms with E-state index in [1.807, 2.05) is 0 Å². The summed E-state index contributed by atoms with van der Waals surface area (Å²) < 4.78 is 2.36. The van der Waals surface area contributed by atoms with Gasteiger partial charge in [0.1, 0.15) is 0 Å². The SMILES string of the molecule is Cn1c2c(c3ccccc31)C(C1=CCC=C1)c1ccccc1-2. The van der Waals surface area contributed by atoms with Gasteiger partial charge >= 0.3 is 0 Å². The van der Waals surface area contributed by atoms with Crippen molar-refractivity contribution in [3.63, 3.8) is 0 Å². The Morgan fingerprint density at radius 3 is 2.68 bits per heavy atom. The summed E-state index contributed by atoms with van der Waals surface area (Å²) in [4.78, 5) is 0. The Kier molecular flexibility index (Phi) is 2.32. The Morgan fingerprint density at radius 1 is 1.00 bits per heavy atom. The molecule has 0 N–H and O–H groups in total. The van der Waals surface area contributed by atoms with E-state index in [1.54, 1.807) is 0 Å². The molecule has 0 fully saturated rings. The monoisotopic (exact) mass is 283 g/mol. The largest absolute Gasteiger partial charge is 0.343 e. The van der Waals surface area contributed by atoms with Gasteiger partial charge in [-0.05, 0) is 29.2 Å². The van der Waals surface area contributed by atoms with Gasteiger partial charge in [0, 0.05) is 29.4 Å². The van der Waals surface area contributed by atoms with Gasteiger partial charge in [-0.3, -0.25) is 0 Å². The second-order valence-electron chi connectivity index (χ2n) is 6.20. The maximum absolute atomic E-state index is 2.37. The average Bonchev–Trinajstić information content (AvgIpc) is 3.24. The molecule has 2 aliphatic rings. The van der Waals surface area contributed by atoms with Crippen molar-refractivity contribution in [1.82, 2.24) is 4.57 Å². The summed E-state index contributed by atoms with van der Waals surface area (Å²) in [6, 6.07) is 17.7. The molecule has 0 aliphatic heterocycles. The summed E-state index contributed by atoms with van der Waals surface area (Å²) >= 11 is 0. The molecule has 1 unspecified atom stereocenters. The lowest BCUT2D eigenvalue weighted by atomic mass is 9.88. The molecule has 2 aromatic carbocycles. The van der Waals surface area contributed by atoms with Crippen molar-refractivity contribution in [1.29, 1.82) is 0 Å². The van der Waals surface area contributed by atoms with E-state index in [9.17, 15) is 0 Å². The molecule has 1 heterocycles. The van der Waals surface area contributed by atoms with Crippen molar-refractivity contribution >= 4 is 10.9 Å². The van der Waals surface area contributed by atoms with E-state index in [0.717, 1.165) is 6.42 Å². The first-order valence-corrected chi connectivity index (χ1v) is 7.89. The van der Waals surface area contributed by atoms with E-state index in [1.165, 1.54) is 38.9 Å². The Labute approximate surface area is 130 Å². The molecule has 1 atom stereocenters. The minimum absolute atomic E-state index is 0.385. The summed E-state index contributed by atoms with van der Waals surface area (Å²) in [6.07, 6.45) is 8.01. The number of rotatable bonds is 1. The van der Waals surface area contributed by atoms with Crippen LogP contribution in [0.5, 0.6) is 0 Å². The third-order valence-electron chi connectivity index (χ3n) is 5.09. The van der Waals surface area contributed by atoms with Crippen molar-refractivity contribution in [3.05, 3.63) is 83.5 Å². The highest BCUT2D eigenvalue weighted by molar-refractivity contribution is 5.97. The van der Waals surface area contributed by atoms with E-state index >= 15 is 0 Å². The summed E-state index contributed by atoms with van der Waals surface area (Å²) in [7, 11) is 2.19. The van der Waals surface area contributed by atoms with Crippen LogP contribution in [0.15, 0.2) is 72.3 Å². The lowest BCUT2D eigenvalue weighted by Crippen LogP contribution is -1.98. The first-order chi connectivity index (χ1) is 10.9. The maximum atomic E-state index is 2.37. The van der Waals surface area contributed by atoms with E-state index in [4.69, 9.17) is 0 Å². The van der Waals surface area contributed by atoms with Gasteiger partial charge in [-0.1, -0.05) is 60.7 Å². The second-order valence-corrected chi connectivity index (χ2v) is 6.20. The number of para-hydroxylation sites is 1. The molecule has 1 aromatic heterocycles. The van der Waals surface area contributed by atoms with Crippen LogP contribution in [-0.2, 0) is 7.05 Å². The number of allylic oxidation sites excluding steroid dienone is 4. The molecule has 22 heavy (non-hydrogen) atoms. The van der Waals surface area contributed by atoms with E-state index < -0.39 is 0 Å². The fourth-order valence-electron chi connectivity index (χ4n) is 4.20. The summed E-state index contributed by atoms with van der Waals surface area (Å²) in [5, 5.41) is 1.39. The number of aromatic nitrogens is 1. The van der Waals surface area contributed by atoms with Crippen LogP contribution in [0.2, 0.25) is 0 Å². The van der Waals surface area contributed by atoms with Crippen LogP contribution in [0.4, 0.5) is 0 Å². The predicted octanol–water partition coefficient (Wildman–Crippen LogP) is 5.18. The van der Waals surface area contributed by atoms with Gasteiger partial charge in [-0.15, -0.1) is 0 Å². The molecule has 5 rings (SSSR count). The summed E-state index contributed by atoms with van der Waals surface area (Å²) in [6.45, 7) is 0. The summed E-state index contributed by atoms with van der Waals surface area (Å²) in [5.41, 5.74) is 8.49. The van der Waals surface area contributed by atoms with Gasteiger partial charge in [0.25, 0.3) is 0 Å². The second kappa shape index (κ2) is 4.23. The molecule has 0 bridgehead atoms. The van der Waals surface area contributed by atoms with Gasteiger partial charge in [0.05, 0.1) is 5.69 Å². The van der Waals surface area contributed by atoms with Crippen LogP contribution in [0, 0.1) is 0 Å². The van der Waals surface area contributed by atoms with Crippen LogP contribution < -0.4 is 0 Å². The zero-order valence-electron chi connectivity index (χ0n) is 12.6. The Morgan fingerprint density at radius 2 is 1.82 bits per heavy atom. The van der Waals surface area contributed by atoms with Crippen molar-refractivity contribution < 1.29 is 0 Å².